The number of carbonyl (C=O) groups excluding carboxylic acids is 3. The average Bonchev–Trinajstić information content (AvgIpc) is 2.43. The zero-order valence-corrected chi connectivity index (χ0v) is 10.1. The van der Waals surface area contributed by atoms with Gasteiger partial charge >= 0.3 is 0 Å². The van der Waals surface area contributed by atoms with Crippen molar-refractivity contribution in [1.82, 2.24) is 0 Å². The molecular formula is C14H10O5. The third-order valence-electron chi connectivity index (χ3n) is 2.50. The smallest absolute Gasteiger partial charge is 0.225 e. The molecule has 5 heteroatoms. The molecule has 0 atom stereocenters. The Kier molecular flexibility index (Phi) is 3.56. The molecule has 0 saturated heterocycles. The number of carbonyl (C=O) groups is 3. The molecule has 0 N–H and O–H groups in total. The Labute approximate surface area is 109 Å². The number of ether oxygens (including phenoxy) is 2. The molecule has 1 aromatic rings. The number of methoxy groups -OCH3 is 1. The molecule has 0 spiro atoms. The molecule has 1 aliphatic rings. The summed E-state index contributed by atoms with van der Waals surface area (Å²) >= 11 is 0. The Morgan fingerprint density at radius 1 is 1.00 bits per heavy atom. The second-order valence-electron chi connectivity index (χ2n) is 3.71. The van der Waals surface area contributed by atoms with E-state index in [1.54, 1.807) is 18.2 Å². The van der Waals surface area contributed by atoms with Gasteiger partial charge in [0, 0.05) is 12.2 Å². The van der Waals surface area contributed by atoms with E-state index in [4.69, 9.17) is 9.47 Å². The SMILES string of the molecule is COC1=CC(=O)C(Oc2ccccc2C=O)=CC1=O. The highest BCUT2D eigenvalue weighted by atomic mass is 16.5. The van der Waals surface area contributed by atoms with E-state index in [1.807, 2.05) is 0 Å². The number of allylic oxidation sites excluding steroid dienone is 2. The molecule has 0 aliphatic heterocycles. The monoisotopic (exact) mass is 258 g/mol. The minimum absolute atomic E-state index is 0.0407. The van der Waals surface area contributed by atoms with Crippen molar-refractivity contribution in [2.45, 2.75) is 0 Å². The Morgan fingerprint density at radius 2 is 1.63 bits per heavy atom. The van der Waals surface area contributed by atoms with Crippen molar-refractivity contribution in [1.29, 1.82) is 0 Å². The largest absolute Gasteiger partial charge is 0.493 e. The summed E-state index contributed by atoms with van der Waals surface area (Å²) in [6.45, 7) is 0. The topological polar surface area (TPSA) is 69.7 Å². The van der Waals surface area contributed by atoms with Crippen molar-refractivity contribution in [3.05, 3.63) is 53.5 Å². The van der Waals surface area contributed by atoms with Crippen molar-refractivity contribution >= 4 is 17.9 Å². The molecule has 0 fully saturated rings. The molecule has 96 valence electrons. The van der Waals surface area contributed by atoms with E-state index in [9.17, 15) is 14.4 Å². The third kappa shape index (κ3) is 2.60. The summed E-state index contributed by atoms with van der Waals surface area (Å²) in [4.78, 5) is 34.1. The van der Waals surface area contributed by atoms with Crippen molar-refractivity contribution in [3.8, 4) is 5.75 Å². The lowest BCUT2D eigenvalue weighted by molar-refractivity contribution is -0.118. The number of rotatable bonds is 4. The number of hydrogen-bond donors (Lipinski definition) is 0. The van der Waals surface area contributed by atoms with Crippen molar-refractivity contribution in [2.24, 2.45) is 0 Å². The minimum Gasteiger partial charge on any atom is -0.493 e. The molecular weight excluding hydrogens is 248 g/mol. The fourth-order valence-corrected chi connectivity index (χ4v) is 1.55. The maximum absolute atomic E-state index is 11.7. The van der Waals surface area contributed by atoms with Gasteiger partial charge in [-0.3, -0.25) is 14.4 Å². The number of benzene rings is 1. The van der Waals surface area contributed by atoms with E-state index >= 15 is 0 Å². The number of para-hydroxylation sites is 1. The van der Waals surface area contributed by atoms with Crippen LogP contribution in [-0.4, -0.2) is 25.0 Å². The maximum atomic E-state index is 11.7. The molecule has 0 heterocycles. The lowest BCUT2D eigenvalue weighted by atomic mass is 10.1. The van der Waals surface area contributed by atoms with E-state index in [0.29, 0.717) is 11.8 Å². The predicted molar refractivity (Wildman–Crippen MR) is 65.6 cm³/mol. The summed E-state index contributed by atoms with van der Waals surface area (Å²) in [6.07, 6.45) is 2.71. The standard InChI is InChI=1S/C14H10O5/c1-18-13-6-11(17)14(7-10(13)16)19-12-5-3-2-4-9(12)8-15/h2-8H,1H3. The molecule has 1 aromatic carbocycles. The van der Waals surface area contributed by atoms with Crippen LogP contribution >= 0.6 is 0 Å². The molecule has 0 unspecified atom stereocenters. The second kappa shape index (κ2) is 5.30. The number of aldehydes is 1. The first-order valence-electron chi connectivity index (χ1n) is 5.44. The predicted octanol–water partition coefficient (Wildman–Crippen LogP) is 1.44. The van der Waals surface area contributed by atoms with Gasteiger partial charge in [-0.1, -0.05) is 12.1 Å². The van der Waals surface area contributed by atoms with Crippen LogP contribution in [0.1, 0.15) is 10.4 Å². The van der Waals surface area contributed by atoms with Crippen LogP contribution in [0, 0.1) is 0 Å². The summed E-state index contributed by atoms with van der Waals surface area (Å²) in [7, 11) is 1.30. The summed E-state index contributed by atoms with van der Waals surface area (Å²) in [6, 6.07) is 6.42. The first-order valence-corrected chi connectivity index (χ1v) is 5.44. The van der Waals surface area contributed by atoms with Crippen molar-refractivity contribution in [2.75, 3.05) is 7.11 Å². The molecule has 19 heavy (non-hydrogen) atoms. The summed E-state index contributed by atoms with van der Waals surface area (Å²) < 4.78 is 10.1. The van der Waals surface area contributed by atoms with Gasteiger partial charge in [0.15, 0.2) is 17.8 Å². The lowest BCUT2D eigenvalue weighted by Gasteiger charge is -2.13. The fraction of sp³-hybridized carbons (Fsp3) is 0.0714. The fourth-order valence-electron chi connectivity index (χ4n) is 1.55. The van der Waals surface area contributed by atoms with E-state index in [1.165, 1.54) is 13.2 Å². The Morgan fingerprint density at radius 3 is 2.32 bits per heavy atom. The van der Waals surface area contributed by atoms with Gasteiger partial charge in [0.1, 0.15) is 5.75 Å². The highest BCUT2D eigenvalue weighted by Crippen LogP contribution is 2.21. The molecule has 0 saturated carbocycles. The van der Waals surface area contributed by atoms with Gasteiger partial charge in [0.05, 0.1) is 12.7 Å². The summed E-state index contributed by atoms with van der Waals surface area (Å²) in [5, 5.41) is 0. The van der Waals surface area contributed by atoms with Crippen LogP contribution in [0.3, 0.4) is 0 Å². The number of ketones is 2. The van der Waals surface area contributed by atoms with Gasteiger partial charge in [-0.15, -0.1) is 0 Å². The third-order valence-corrected chi connectivity index (χ3v) is 2.50. The quantitative estimate of drug-likeness (QED) is 0.603. The van der Waals surface area contributed by atoms with Gasteiger partial charge in [-0.05, 0) is 12.1 Å². The van der Waals surface area contributed by atoms with E-state index < -0.39 is 11.6 Å². The van der Waals surface area contributed by atoms with Crippen LogP contribution in [0.15, 0.2) is 47.9 Å². The van der Waals surface area contributed by atoms with E-state index in [-0.39, 0.29) is 17.3 Å². The second-order valence-corrected chi connectivity index (χ2v) is 3.71. The van der Waals surface area contributed by atoms with Gasteiger partial charge in [0.25, 0.3) is 0 Å². The highest BCUT2D eigenvalue weighted by Gasteiger charge is 2.23. The van der Waals surface area contributed by atoms with Gasteiger partial charge in [0.2, 0.25) is 11.6 Å². The first-order chi connectivity index (χ1) is 9.15. The molecule has 0 amide bonds. The molecule has 0 bridgehead atoms. The normalized spacial score (nSPS) is 14.6. The molecule has 1 aliphatic carbocycles. The first kappa shape index (κ1) is 12.8. The molecule has 0 aromatic heterocycles. The Hall–Kier alpha value is -2.69. The van der Waals surface area contributed by atoms with Crippen LogP contribution in [-0.2, 0) is 14.3 Å². The van der Waals surface area contributed by atoms with Crippen molar-refractivity contribution < 1.29 is 23.9 Å². The zero-order chi connectivity index (χ0) is 13.8. The maximum Gasteiger partial charge on any atom is 0.225 e. The van der Waals surface area contributed by atoms with Gasteiger partial charge in [-0.25, -0.2) is 0 Å². The van der Waals surface area contributed by atoms with E-state index in [0.717, 1.165) is 12.2 Å². The molecule has 5 nitrogen and oxygen atoms in total. The lowest BCUT2D eigenvalue weighted by Crippen LogP contribution is -2.18. The molecule has 2 rings (SSSR count). The van der Waals surface area contributed by atoms with Crippen LogP contribution in [0.4, 0.5) is 0 Å². The summed E-state index contributed by atoms with van der Waals surface area (Å²) in [5.41, 5.74) is 0.296. The zero-order valence-electron chi connectivity index (χ0n) is 10.1. The average molecular weight is 258 g/mol. The Bertz CT molecular complexity index is 610. The van der Waals surface area contributed by atoms with Gasteiger partial charge < -0.3 is 9.47 Å². The van der Waals surface area contributed by atoms with E-state index in [2.05, 4.69) is 0 Å². The van der Waals surface area contributed by atoms with Crippen LogP contribution < -0.4 is 4.74 Å². The Balaban J connectivity index is 2.28. The minimum atomic E-state index is -0.489. The van der Waals surface area contributed by atoms with Crippen LogP contribution in [0.25, 0.3) is 0 Å². The van der Waals surface area contributed by atoms with Crippen molar-refractivity contribution in [3.63, 3.8) is 0 Å². The molecule has 0 radical (unpaired) electrons. The number of hydrogen-bond acceptors (Lipinski definition) is 5. The van der Waals surface area contributed by atoms with Crippen LogP contribution in [0.2, 0.25) is 0 Å². The van der Waals surface area contributed by atoms with Gasteiger partial charge in [-0.2, -0.15) is 0 Å². The van der Waals surface area contributed by atoms with Crippen LogP contribution in [0.5, 0.6) is 5.75 Å². The summed E-state index contributed by atoms with van der Waals surface area (Å²) in [5.74, 6) is -0.905. The highest BCUT2D eigenvalue weighted by molar-refractivity contribution is 6.18.